The molecule has 0 amide bonds. The third kappa shape index (κ3) is 8.41. The Labute approximate surface area is 398 Å². The molecule has 3 heterocycles. The molecule has 8 rings (SSSR count). The van der Waals surface area contributed by atoms with Gasteiger partial charge in [0.05, 0.1) is 37.9 Å². The minimum Gasteiger partial charge on any atom is -0.457 e. The summed E-state index contributed by atoms with van der Waals surface area (Å²) in [4.78, 5) is 26.8. The Balaban J connectivity index is 1.01. The molecular formula is C49H78O19. The third-order valence-corrected chi connectivity index (χ3v) is 19.3. The maximum absolute atomic E-state index is 15.0. The number of allylic oxidation sites excluding steroid dienone is 2. The molecular weight excluding hydrogens is 893 g/mol. The highest BCUT2D eigenvalue weighted by Gasteiger charge is 2.70. The largest absolute Gasteiger partial charge is 0.457 e. The molecule has 388 valence electrons. The van der Waals surface area contributed by atoms with Gasteiger partial charge in [-0.05, 0) is 104 Å². The highest BCUT2D eigenvalue weighted by atomic mass is 16.7. The van der Waals surface area contributed by atoms with Crippen LogP contribution in [0.3, 0.4) is 0 Å². The molecule has 0 aromatic heterocycles. The first-order chi connectivity index (χ1) is 31.8. The van der Waals surface area contributed by atoms with Crippen LogP contribution in [-0.2, 0) is 42.7 Å². The fraction of sp³-hybridized carbons (Fsp3) is 0.918. The van der Waals surface area contributed by atoms with Crippen molar-refractivity contribution < 1.29 is 93.8 Å². The highest BCUT2D eigenvalue weighted by Crippen LogP contribution is 2.76. The number of esters is 2. The van der Waals surface area contributed by atoms with E-state index in [0.29, 0.717) is 32.1 Å². The van der Waals surface area contributed by atoms with Crippen molar-refractivity contribution in [3.8, 4) is 0 Å². The molecule has 19 heteroatoms. The normalized spacial score (nSPS) is 52.3. The Morgan fingerprint density at radius 1 is 0.706 bits per heavy atom. The summed E-state index contributed by atoms with van der Waals surface area (Å²) < 4.78 is 40.7. The molecule has 0 spiro atoms. The number of carbonyl (C=O) groups is 2. The monoisotopic (exact) mass is 971 g/mol. The van der Waals surface area contributed by atoms with E-state index in [2.05, 4.69) is 47.6 Å². The summed E-state index contributed by atoms with van der Waals surface area (Å²) in [5, 5.41) is 107. The average molecular weight is 971 g/mol. The molecule has 0 radical (unpaired) electrons. The van der Waals surface area contributed by atoms with Crippen molar-refractivity contribution in [2.45, 2.75) is 205 Å². The summed E-state index contributed by atoms with van der Waals surface area (Å²) in [5.41, 5.74) is -1.37. The summed E-state index contributed by atoms with van der Waals surface area (Å²) in [7, 11) is 0. The van der Waals surface area contributed by atoms with Crippen LogP contribution < -0.4 is 0 Å². The Morgan fingerprint density at radius 2 is 1.35 bits per heavy atom. The molecule has 3 aliphatic heterocycles. The van der Waals surface area contributed by atoms with E-state index < -0.39 is 128 Å². The average Bonchev–Trinajstić information content (AvgIpc) is 3.28. The first-order valence-electron chi connectivity index (χ1n) is 24.8. The fourth-order valence-electron chi connectivity index (χ4n) is 15.0. The molecule has 5 aliphatic carbocycles. The van der Waals surface area contributed by atoms with Crippen LogP contribution in [0.15, 0.2) is 11.6 Å². The summed E-state index contributed by atoms with van der Waals surface area (Å²) in [6.45, 7) is 13.2. The van der Waals surface area contributed by atoms with E-state index in [1.807, 2.05) is 0 Å². The molecule has 0 bridgehead atoms. The van der Waals surface area contributed by atoms with Gasteiger partial charge in [-0.2, -0.15) is 0 Å². The molecule has 19 nitrogen and oxygen atoms in total. The van der Waals surface area contributed by atoms with Crippen LogP contribution in [0.5, 0.6) is 0 Å². The fourth-order valence-corrected chi connectivity index (χ4v) is 15.0. The molecule has 23 atom stereocenters. The van der Waals surface area contributed by atoms with Gasteiger partial charge in [-0.15, -0.1) is 0 Å². The number of hydrogen-bond donors (Lipinski definition) is 10. The van der Waals surface area contributed by atoms with E-state index in [-0.39, 0.29) is 52.6 Å². The number of aliphatic hydroxyl groups is 10. The molecule has 4 saturated carbocycles. The van der Waals surface area contributed by atoms with Crippen molar-refractivity contribution in [3.05, 3.63) is 11.6 Å². The molecule has 0 aromatic rings. The number of rotatable bonds is 10. The van der Waals surface area contributed by atoms with Crippen LogP contribution in [-0.4, -0.2) is 182 Å². The molecule has 8 aliphatic rings. The lowest BCUT2D eigenvalue weighted by Gasteiger charge is -2.71. The predicted octanol–water partition coefficient (Wildman–Crippen LogP) is 0.323. The topological polar surface area (TPSA) is 301 Å². The maximum atomic E-state index is 15.0. The van der Waals surface area contributed by atoms with Crippen LogP contribution in [0.25, 0.3) is 0 Å². The maximum Gasteiger partial charge on any atom is 0.315 e. The second-order valence-corrected chi connectivity index (χ2v) is 23.5. The SMILES string of the molecule is CC(=O)O[C@@H]1[C@@H](O)[C@H](O[C@H]2CC[C@@]3(C)[C@@H](CC[C@]4(C)[C@@H]3CC=C3[C@@H]5CC(C)(C)CC[C@]5(C(=O)O[C@@H]5O[C@H](CO[C@@H]6O[C@H](CO)[C@@H](O)[C@H](O)[C@H]6O)[C@@H](O)[C@H](O)[C@H]5O)CC[C@]34C)[C@]2(C)CO)OC[C@@H]1O. The molecule has 7 fully saturated rings. The van der Waals surface area contributed by atoms with E-state index in [0.717, 1.165) is 32.1 Å². The first kappa shape index (κ1) is 52.4. The smallest absolute Gasteiger partial charge is 0.315 e. The quantitative estimate of drug-likeness (QED) is 0.0801. The number of fused-ring (bicyclic) bond motifs is 7. The van der Waals surface area contributed by atoms with E-state index >= 15 is 0 Å². The van der Waals surface area contributed by atoms with Gasteiger partial charge in [0.15, 0.2) is 18.7 Å². The van der Waals surface area contributed by atoms with E-state index in [1.165, 1.54) is 12.5 Å². The zero-order valence-corrected chi connectivity index (χ0v) is 40.5. The summed E-state index contributed by atoms with van der Waals surface area (Å²) in [5.74, 6) is -1.20. The molecule has 0 aromatic carbocycles. The van der Waals surface area contributed by atoms with Crippen LogP contribution in [0.4, 0.5) is 0 Å². The van der Waals surface area contributed by atoms with E-state index in [1.54, 1.807) is 0 Å². The summed E-state index contributed by atoms with van der Waals surface area (Å²) >= 11 is 0. The molecule has 3 saturated heterocycles. The van der Waals surface area contributed by atoms with Crippen LogP contribution in [0.1, 0.15) is 113 Å². The van der Waals surface area contributed by atoms with Crippen LogP contribution in [0.2, 0.25) is 0 Å². The second kappa shape index (κ2) is 18.8. The minimum absolute atomic E-state index is 0.0273. The minimum atomic E-state index is -1.82. The van der Waals surface area contributed by atoms with Gasteiger partial charge >= 0.3 is 11.9 Å². The zero-order valence-electron chi connectivity index (χ0n) is 40.5. The van der Waals surface area contributed by atoms with Gasteiger partial charge in [0.25, 0.3) is 0 Å². The van der Waals surface area contributed by atoms with Crippen molar-refractivity contribution in [2.75, 3.05) is 26.4 Å². The van der Waals surface area contributed by atoms with Crippen molar-refractivity contribution in [2.24, 2.45) is 50.2 Å². The zero-order chi connectivity index (χ0) is 49.7. The number of hydrogen-bond acceptors (Lipinski definition) is 19. The third-order valence-electron chi connectivity index (χ3n) is 19.3. The van der Waals surface area contributed by atoms with Crippen molar-refractivity contribution >= 4 is 11.9 Å². The van der Waals surface area contributed by atoms with E-state index in [4.69, 9.17) is 33.2 Å². The summed E-state index contributed by atoms with van der Waals surface area (Å²) in [6.07, 6.45) is -12.6. The van der Waals surface area contributed by atoms with Gasteiger partial charge in [-0.1, -0.05) is 53.2 Å². The van der Waals surface area contributed by atoms with Gasteiger partial charge in [0.2, 0.25) is 6.29 Å². The van der Waals surface area contributed by atoms with Gasteiger partial charge in [0, 0.05) is 12.3 Å². The number of carbonyl (C=O) groups excluding carboxylic acids is 2. The predicted molar refractivity (Wildman–Crippen MR) is 235 cm³/mol. The number of aliphatic hydroxyl groups excluding tert-OH is 10. The summed E-state index contributed by atoms with van der Waals surface area (Å²) in [6, 6.07) is 0. The highest BCUT2D eigenvalue weighted by molar-refractivity contribution is 5.79. The Morgan fingerprint density at radius 3 is 2.01 bits per heavy atom. The number of ether oxygens (including phenoxy) is 7. The van der Waals surface area contributed by atoms with Gasteiger partial charge in [-0.3, -0.25) is 9.59 Å². The lowest BCUT2D eigenvalue weighted by molar-refractivity contribution is -0.328. The second-order valence-electron chi connectivity index (χ2n) is 23.5. The first-order valence-corrected chi connectivity index (χ1v) is 24.8. The molecule has 0 unspecified atom stereocenters. The van der Waals surface area contributed by atoms with Crippen LogP contribution in [0, 0.1) is 50.2 Å². The lowest BCUT2D eigenvalue weighted by atomic mass is 9.33. The van der Waals surface area contributed by atoms with Crippen LogP contribution >= 0.6 is 0 Å². The standard InChI is InChI=1S/C49H78O19/c1-23(52)64-39-26(53)20-62-41(38(39)60)67-31-11-12-45(4)29(46(31,5)22-51)10-13-48(7)30(45)9-8-24-25-18-44(2,3)14-16-49(25,17-15-47(24,48)6)43(61)68-42-37(59)35(57)33(55)28(66-42)21-63-40-36(58)34(56)32(54)27(19-50)65-40/h8,25-42,50-51,53-60H,9-22H2,1-7H3/t25-,26-,27+,28+,29+,30+,31-,32+,33+,34-,35-,36+,37+,38+,39-,40+,41-,42-,45-,46-,47+,48+,49-/m0/s1. The van der Waals surface area contributed by atoms with Gasteiger partial charge < -0.3 is 84.2 Å². The Hall–Kier alpha value is -1.92. The Kier molecular flexibility index (Phi) is 14.5. The van der Waals surface area contributed by atoms with Gasteiger partial charge in [-0.25, -0.2) is 0 Å². The van der Waals surface area contributed by atoms with E-state index in [9.17, 15) is 60.7 Å². The van der Waals surface area contributed by atoms with Crippen molar-refractivity contribution in [3.63, 3.8) is 0 Å². The van der Waals surface area contributed by atoms with Crippen molar-refractivity contribution in [1.82, 2.24) is 0 Å². The molecule has 10 N–H and O–H groups in total. The van der Waals surface area contributed by atoms with Crippen molar-refractivity contribution in [1.29, 1.82) is 0 Å². The lowest BCUT2D eigenvalue weighted by Crippen LogP contribution is -2.67. The molecule has 68 heavy (non-hydrogen) atoms. The van der Waals surface area contributed by atoms with Gasteiger partial charge in [0.1, 0.15) is 61.0 Å². The Bertz CT molecular complexity index is 1880.